The summed E-state index contributed by atoms with van der Waals surface area (Å²) in [6.07, 6.45) is 3.11. The molecule has 6 nitrogen and oxygen atoms in total. The fraction of sp³-hybridized carbons (Fsp3) is 0.500. The van der Waals surface area contributed by atoms with Gasteiger partial charge in [0.05, 0.1) is 0 Å². The van der Waals surface area contributed by atoms with E-state index in [1.807, 2.05) is 30.0 Å². The Labute approximate surface area is 204 Å². The van der Waals surface area contributed by atoms with Crippen LogP contribution >= 0.6 is 0 Å². The molecular weight excluding hydrogens is 426 g/mol. The maximum absolute atomic E-state index is 13.5. The number of nitrogens with zero attached hydrogens (tertiary/aromatic N) is 3. The molecule has 2 aliphatic rings. The number of ether oxygens (including phenoxy) is 1. The van der Waals surface area contributed by atoms with Crippen LogP contribution in [-0.2, 0) is 22.5 Å². The van der Waals surface area contributed by atoms with Crippen LogP contribution in [0.2, 0.25) is 0 Å². The van der Waals surface area contributed by atoms with Gasteiger partial charge in [-0.25, -0.2) is 4.79 Å². The molecule has 0 bridgehead atoms. The molecule has 0 N–H and O–H groups in total. The summed E-state index contributed by atoms with van der Waals surface area (Å²) in [5.41, 5.74) is 3.17. The van der Waals surface area contributed by atoms with Crippen molar-refractivity contribution in [3.05, 3.63) is 71.3 Å². The number of methoxy groups -OCH3 is 1. The van der Waals surface area contributed by atoms with Crippen molar-refractivity contribution in [3.8, 4) is 0 Å². The van der Waals surface area contributed by atoms with Gasteiger partial charge in [0.15, 0.2) is 0 Å². The van der Waals surface area contributed by atoms with E-state index in [4.69, 9.17) is 0 Å². The highest BCUT2D eigenvalue weighted by molar-refractivity contribution is 6.07. The first kappa shape index (κ1) is 25.9. The van der Waals surface area contributed by atoms with E-state index >= 15 is 0 Å². The molecule has 2 aromatic carbocycles. The number of likely N-dealkylation sites (tertiary alicyclic amines) is 1. The smallest absolute Gasteiger partial charge is 0.327 e. The zero-order valence-corrected chi connectivity index (χ0v) is 21.1. The monoisotopic (exact) mass is 465 g/mol. The van der Waals surface area contributed by atoms with Gasteiger partial charge in [-0.3, -0.25) is 14.6 Å². The Morgan fingerprint density at radius 2 is 1.59 bits per heavy atom. The quantitative estimate of drug-likeness (QED) is 0.565. The minimum atomic E-state index is -0.651. The van der Waals surface area contributed by atoms with Crippen LogP contribution in [-0.4, -0.2) is 72.6 Å². The van der Waals surface area contributed by atoms with Crippen molar-refractivity contribution in [2.45, 2.75) is 51.6 Å². The SMILES string of the molecule is CCN1C(=O)N(CCCc2ccccc2)C(=O)C12CCN(Cc1cccc(C)c1)CC2.COC. The van der Waals surface area contributed by atoms with E-state index in [1.54, 1.807) is 14.2 Å². The summed E-state index contributed by atoms with van der Waals surface area (Å²) in [5.74, 6) is 0.0163. The number of carbonyl (C=O) groups is 2. The molecule has 2 saturated heterocycles. The van der Waals surface area contributed by atoms with Crippen LogP contribution in [0.5, 0.6) is 0 Å². The van der Waals surface area contributed by atoms with Crippen LogP contribution < -0.4 is 0 Å². The van der Waals surface area contributed by atoms with E-state index in [0.29, 0.717) is 25.9 Å². The molecule has 184 valence electrons. The van der Waals surface area contributed by atoms with Crippen molar-refractivity contribution in [2.24, 2.45) is 0 Å². The summed E-state index contributed by atoms with van der Waals surface area (Å²) in [6.45, 7) is 7.74. The minimum Gasteiger partial charge on any atom is -0.388 e. The number of piperidine rings is 1. The number of likely N-dealkylation sites (N-methyl/N-ethyl adjacent to an activating group) is 1. The van der Waals surface area contributed by atoms with Gasteiger partial charge in [0, 0.05) is 46.9 Å². The lowest BCUT2D eigenvalue weighted by atomic mass is 9.85. The maximum atomic E-state index is 13.5. The highest BCUT2D eigenvalue weighted by atomic mass is 16.4. The summed E-state index contributed by atoms with van der Waals surface area (Å²) in [5, 5.41) is 0. The van der Waals surface area contributed by atoms with Gasteiger partial charge in [-0.05, 0) is 50.7 Å². The molecule has 0 unspecified atom stereocenters. The molecule has 0 saturated carbocycles. The van der Waals surface area contributed by atoms with Crippen LogP contribution in [0.3, 0.4) is 0 Å². The zero-order valence-electron chi connectivity index (χ0n) is 21.1. The number of carbonyl (C=O) groups excluding carboxylic acids is 2. The number of hydrogen-bond acceptors (Lipinski definition) is 4. The Morgan fingerprint density at radius 3 is 2.21 bits per heavy atom. The molecule has 2 fully saturated rings. The summed E-state index contributed by atoms with van der Waals surface area (Å²) >= 11 is 0. The van der Waals surface area contributed by atoms with E-state index in [1.165, 1.54) is 21.6 Å². The van der Waals surface area contributed by atoms with Crippen LogP contribution in [0, 0.1) is 6.92 Å². The first-order valence-corrected chi connectivity index (χ1v) is 12.3. The second kappa shape index (κ2) is 12.1. The number of imide groups is 1. The van der Waals surface area contributed by atoms with E-state index in [-0.39, 0.29) is 11.9 Å². The largest absolute Gasteiger partial charge is 0.388 e. The fourth-order valence-electron chi connectivity index (χ4n) is 5.14. The molecule has 1 spiro atoms. The molecule has 34 heavy (non-hydrogen) atoms. The van der Waals surface area contributed by atoms with Crippen molar-refractivity contribution in [1.82, 2.24) is 14.7 Å². The molecule has 0 aliphatic carbocycles. The zero-order chi connectivity index (χ0) is 24.6. The van der Waals surface area contributed by atoms with Crippen molar-refractivity contribution in [3.63, 3.8) is 0 Å². The van der Waals surface area contributed by atoms with E-state index in [9.17, 15) is 9.59 Å². The lowest BCUT2D eigenvalue weighted by Gasteiger charge is -2.42. The van der Waals surface area contributed by atoms with Gasteiger partial charge in [0.1, 0.15) is 5.54 Å². The van der Waals surface area contributed by atoms with Gasteiger partial charge in [-0.1, -0.05) is 60.2 Å². The summed E-state index contributed by atoms with van der Waals surface area (Å²) in [4.78, 5) is 32.3. The second-order valence-electron chi connectivity index (χ2n) is 9.28. The summed E-state index contributed by atoms with van der Waals surface area (Å²) < 4.78 is 4.25. The predicted octanol–water partition coefficient (Wildman–Crippen LogP) is 4.51. The second-order valence-corrected chi connectivity index (χ2v) is 9.28. The van der Waals surface area contributed by atoms with Gasteiger partial charge >= 0.3 is 6.03 Å². The average molecular weight is 466 g/mol. The number of rotatable bonds is 7. The fourth-order valence-corrected chi connectivity index (χ4v) is 5.14. The normalized spacial score (nSPS) is 17.8. The summed E-state index contributed by atoms with van der Waals surface area (Å²) in [7, 11) is 3.25. The molecule has 2 heterocycles. The average Bonchev–Trinajstić information content (AvgIpc) is 3.02. The van der Waals surface area contributed by atoms with Crippen molar-refractivity contribution in [2.75, 3.05) is 40.4 Å². The first-order chi connectivity index (χ1) is 16.4. The highest BCUT2D eigenvalue weighted by Crippen LogP contribution is 2.37. The molecule has 3 amide bonds. The number of urea groups is 1. The van der Waals surface area contributed by atoms with E-state index in [2.05, 4.69) is 53.0 Å². The predicted molar refractivity (Wildman–Crippen MR) is 136 cm³/mol. The molecule has 0 atom stereocenters. The Morgan fingerprint density at radius 1 is 0.941 bits per heavy atom. The van der Waals surface area contributed by atoms with Crippen LogP contribution in [0.4, 0.5) is 4.79 Å². The first-order valence-electron chi connectivity index (χ1n) is 12.3. The lowest BCUT2D eigenvalue weighted by Crippen LogP contribution is -2.56. The minimum absolute atomic E-state index is 0.0163. The number of benzene rings is 2. The molecule has 0 radical (unpaired) electrons. The van der Waals surface area contributed by atoms with Crippen molar-refractivity contribution < 1.29 is 14.3 Å². The lowest BCUT2D eigenvalue weighted by molar-refractivity contribution is -0.135. The Kier molecular flexibility index (Phi) is 9.25. The van der Waals surface area contributed by atoms with Crippen molar-refractivity contribution >= 4 is 11.9 Å². The van der Waals surface area contributed by atoms with E-state index in [0.717, 1.165) is 32.5 Å². The highest BCUT2D eigenvalue weighted by Gasteiger charge is 2.57. The Hall–Kier alpha value is -2.70. The molecule has 2 aliphatic heterocycles. The Balaban J connectivity index is 0.00000103. The third-order valence-corrected chi connectivity index (χ3v) is 6.80. The van der Waals surface area contributed by atoms with E-state index < -0.39 is 5.54 Å². The third-order valence-electron chi connectivity index (χ3n) is 6.80. The Bertz CT molecular complexity index is 939. The van der Waals surface area contributed by atoms with Gasteiger partial charge in [-0.15, -0.1) is 0 Å². The van der Waals surface area contributed by atoms with Crippen molar-refractivity contribution in [1.29, 1.82) is 0 Å². The third kappa shape index (κ3) is 5.86. The van der Waals surface area contributed by atoms with Gasteiger partial charge in [-0.2, -0.15) is 0 Å². The molecule has 4 rings (SSSR count). The molecule has 6 heteroatoms. The molecular formula is C28H39N3O3. The standard InChI is InChI=1S/C26H33N3O2.C2H6O/c1-3-29-25(31)28(16-8-13-22-10-5-4-6-11-22)24(30)26(29)14-17-27(18-15-26)20-23-12-7-9-21(2)19-23;1-3-2/h4-7,9-12,19H,3,8,13-18,20H2,1-2H3;1-2H3. The van der Waals surface area contributed by atoms with Crippen LogP contribution in [0.25, 0.3) is 0 Å². The molecule has 2 aromatic rings. The van der Waals surface area contributed by atoms with Gasteiger partial charge in [0.2, 0.25) is 0 Å². The summed E-state index contributed by atoms with van der Waals surface area (Å²) in [6, 6.07) is 18.7. The molecule has 0 aromatic heterocycles. The van der Waals surface area contributed by atoms with Crippen LogP contribution in [0.15, 0.2) is 54.6 Å². The number of aryl methyl sites for hydroxylation is 2. The van der Waals surface area contributed by atoms with Gasteiger partial charge in [0.25, 0.3) is 5.91 Å². The van der Waals surface area contributed by atoms with Gasteiger partial charge < -0.3 is 9.64 Å². The topological polar surface area (TPSA) is 53.1 Å². The van der Waals surface area contributed by atoms with Crippen LogP contribution in [0.1, 0.15) is 42.9 Å². The number of amides is 3. The maximum Gasteiger partial charge on any atom is 0.327 e. The number of hydrogen-bond donors (Lipinski definition) is 0.